The van der Waals surface area contributed by atoms with Crippen molar-refractivity contribution in [3.63, 3.8) is 0 Å². The molecule has 2 amide bonds. The Balaban J connectivity index is 2.14. The lowest BCUT2D eigenvalue weighted by Gasteiger charge is -2.23. The fourth-order valence-electron chi connectivity index (χ4n) is 2.50. The van der Waals surface area contributed by atoms with E-state index in [9.17, 15) is 14.4 Å². The van der Waals surface area contributed by atoms with Gasteiger partial charge in [0.1, 0.15) is 6.54 Å². The smallest absolute Gasteiger partial charge is 0.244 e. The molecule has 128 valence electrons. The van der Waals surface area contributed by atoms with Gasteiger partial charge in [-0.1, -0.05) is 12.1 Å². The van der Waals surface area contributed by atoms with Crippen LogP contribution in [-0.2, 0) is 16.1 Å². The van der Waals surface area contributed by atoms with Crippen LogP contribution in [0.5, 0.6) is 0 Å². The van der Waals surface area contributed by atoms with E-state index in [1.165, 1.54) is 15.8 Å². The lowest BCUT2D eigenvalue weighted by Crippen LogP contribution is -2.42. The van der Waals surface area contributed by atoms with Crippen molar-refractivity contribution in [1.29, 1.82) is 0 Å². The van der Waals surface area contributed by atoms with Crippen LogP contribution in [0.4, 0.5) is 0 Å². The number of benzene rings is 1. The zero-order valence-corrected chi connectivity index (χ0v) is 14.2. The molecule has 7 nitrogen and oxygen atoms in total. The number of rotatable bonds is 6. The Hall–Kier alpha value is -2.70. The van der Waals surface area contributed by atoms with Crippen LogP contribution in [0.3, 0.4) is 0 Å². The maximum atomic E-state index is 12.4. The summed E-state index contributed by atoms with van der Waals surface area (Å²) in [7, 11) is 1.59. The number of para-hydroxylation sites is 1. The van der Waals surface area contributed by atoms with Crippen LogP contribution in [0.15, 0.2) is 35.3 Å². The minimum atomic E-state index is -0.239. The number of amides is 2. The largest absolute Gasteiger partial charge is 0.342 e. The molecule has 1 aromatic heterocycles. The van der Waals surface area contributed by atoms with E-state index in [2.05, 4.69) is 5.10 Å². The number of likely N-dealkylation sites (N-methyl/N-ethyl adjacent to an activating group) is 2. The summed E-state index contributed by atoms with van der Waals surface area (Å²) in [5.74, 6) is -0.328. The Labute approximate surface area is 140 Å². The molecule has 0 spiro atoms. The fraction of sp³-hybridized carbons (Fsp3) is 0.412. The molecule has 2 rings (SSSR count). The van der Waals surface area contributed by atoms with Crippen molar-refractivity contribution in [2.75, 3.05) is 26.7 Å². The zero-order chi connectivity index (χ0) is 17.7. The van der Waals surface area contributed by atoms with E-state index < -0.39 is 0 Å². The molecule has 0 aliphatic heterocycles. The van der Waals surface area contributed by atoms with Gasteiger partial charge in [-0.25, -0.2) is 0 Å². The standard InChI is InChI=1S/C17H22N4O3/c1-4-20(5-2)17(24)11-19(3)16(23)12-21-14-9-7-6-8-13(14)15(22)10-18-21/h6-10H,4-5,11-12H2,1-3H3. The van der Waals surface area contributed by atoms with Gasteiger partial charge in [0.2, 0.25) is 17.2 Å². The monoisotopic (exact) mass is 330 g/mol. The fourth-order valence-corrected chi connectivity index (χ4v) is 2.50. The quantitative estimate of drug-likeness (QED) is 0.782. The van der Waals surface area contributed by atoms with Gasteiger partial charge in [0.15, 0.2) is 0 Å². The Kier molecular flexibility index (Phi) is 5.68. The normalized spacial score (nSPS) is 10.6. The molecule has 0 aliphatic rings. The van der Waals surface area contributed by atoms with Gasteiger partial charge < -0.3 is 9.80 Å². The Morgan fingerprint density at radius 1 is 1.12 bits per heavy atom. The van der Waals surface area contributed by atoms with Crippen LogP contribution in [0.1, 0.15) is 13.8 Å². The van der Waals surface area contributed by atoms with E-state index in [4.69, 9.17) is 0 Å². The SMILES string of the molecule is CCN(CC)C(=O)CN(C)C(=O)Cn1ncc(=O)c2ccccc21. The minimum absolute atomic E-state index is 0.0250. The van der Waals surface area contributed by atoms with Crippen molar-refractivity contribution >= 4 is 22.7 Å². The van der Waals surface area contributed by atoms with Crippen molar-refractivity contribution in [3.05, 3.63) is 40.7 Å². The molecule has 0 atom stereocenters. The topological polar surface area (TPSA) is 75.5 Å². The van der Waals surface area contributed by atoms with E-state index >= 15 is 0 Å². The van der Waals surface area contributed by atoms with E-state index in [-0.39, 0.29) is 30.3 Å². The molecule has 0 unspecified atom stereocenters. The Bertz CT molecular complexity index is 796. The van der Waals surface area contributed by atoms with Gasteiger partial charge in [-0.3, -0.25) is 19.1 Å². The molecular weight excluding hydrogens is 308 g/mol. The van der Waals surface area contributed by atoms with E-state index in [0.29, 0.717) is 24.0 Å². The van der Waals surface area contributed by atoms with Crippen LogP contribution in [0, 0.1) is 0 Å². The van der Waals surface area contributed by atoms with Gasteiger partial charge in [-0.2, -0.15) is 5.10 Å². The third-order valence-electron chi connectivity index (χ3n) is 3.96. The average molecular weight is 330 g/mol. The number of aromatic nitrogens is 2. The number of hydrogen-bond donors (Lipinski definition) is 0. The molecule has 0 aliphatic carbocycles. The molecule has 1 heterocycles. The van der Waals surface area contributed by atoms with Gasteiger partial charge in [-0.15, -0.1) is 0 Å². The Morgan fingerprint density at radius 3 is 2.46 bits per heavy atom. The van der Waals surface area contributed by atoms with Gasteiger partial charge in [0.25, 0.3) is 0 Å². The third-order valence-corrected chi connectivity index (χ3v) is 3.96. The molecule has 0 bridgehead atoms. The minimum Gasteiger partial charge on any atom is -0.342 e. The first-order valence-electron chi connectivity index (χ1n) is 7.94. The number of nitrogens with zero attached hydrogens (tertiary/aromatic N) is 4. The van der Waals surface area contributed by atoms with Crippen LogP contribution >= 0.6 is 0 Å². The van der Waals surface area contributed by atoms with Gasteiger partial charge in [0, 0.05) is 25.5 Å². The van der Waals surface area contributed by atoms with E-state index in [1.807, 2.05) is 13.8 Å². The average Bonchev–Trinajstić information content (AvgIpc) is 2.58. The van der Waals surface area contributed by atoms with Crippen molar-refractivity contribution in [1.82, 2.24) is 19.6 Å². The highest BCUT2D eigenvalue weighted by molar-refractivity contribution is 5.85. The summed E-state index contributed by atoms with van der Waals surface area (Å²) >= 11 is 0. The molecule has 0 saturated carbocycles. The lowest BCUT2D eigenvalue weighted by molar-refractivity contribution is -0.139. The summed E-state index contributed by atoms with van der Waals surface area (Å²) < 4.78 is 1.48. The van der Waals surface area contributed by atoms with Gasteiger partial charge in [-0.05, 0) is 26.0 Å². The van der Waals surface area contributed by atoms with Crippen LogP contribution in [-0.4, -0.2) is 58.1 Å². The van der Waals surface area contributed by atoms with Crippen molar-refractivity contribution in [2.24, 2.45) is 0 Å². The second-order valence-corrected chi connectivity index (χ2v) is 5.50. The first-order valence-corrected chi connectivity index (χ1v) is 7.94. The van der Waals surface area contributed by atoms with Gasteiger partial charge in [0.05, 0.1) is 18.3 Å². The number of carbonyl (C=O) groups is 2. The second-order valence-electron chi connectivity index (χ2n) is 5.50. The maximum absolute atomic E-state index is 12.4. The van der Waals surface area contributed by atoms with Crippen LogP contribution < -0.4 is 5.43 Å². The summed E-state index contributed by atoms with van der Waals surface area (Å²) in [5.41, 5.74) is 0.418. The first-order chi connectivity index (χ1) is 11.5. The second kappa shape index (κ2) is 7.72. The molecule has 0 radical (unpaired) electrons. The molecule has 0 fully saturated rings. The lowest BCUT2D eigenvalue weighted by atomic mass is 10.2. The molecule has 0 saturated heterocycles. The highest BCUT2D eigenvalue weighted by Gasteiger charge is 2.17. The van der Waals surface area contributed by atoms with Crippen molar-refractivity contribution in [2.45, 2.75) is 20.4 Å². The molecule has 24 heavy (non-hydrogen) atoms. The summed E-state index contributed by atoms with van der Waals surface area (Å²) in [4.78, 5) is 39.4. The molecular formula is C17H22N4O3. The molecule has 0 N–H and O–H groups in total. The van der Waals surface area contributed by atoms with Crippen molar-refractivity contribution in [3.8, 4) is 0 Å². The molecule has 7 heteroatoms. The summed E-state index contributed by atoms with van der Waals surface area (Å²) in [6, 6.07) is 7.01. The first kappa shape index (κ1) is 17.7. The summed E-state index contributed by atoms with van der Waals surface area (Å²) in [5, 5.41) is 4.55. The molecule has 2 aromatic rings. The van der Waals surface area contributed by atoms with E-state index in [0.717, 1.165) is 0 Å². The predicted octanol–water partition coefficient (Wildman–Crippen LogP) is 0.723. The summed E-state index contributed by atoms with van der Waals surface area (Å²) in [6.07, 6.45) is 1.21. The molecule has 1 aromatic carbocycles. The number of carbonyl (C=O) groups excluding carboxylic acids is 2. The van der Waals surface area contributed by atoms with Crippen LogP contribution in [0.2, 0.25) is 0 Å². The Morgan fingerprint density at radius 2 is 1.79 bits per heavy atom. The highest BCUT2D eigenvalue weighted by atomic mass is 16.2. The zero-order valence-electron chi connectivity index (χ0n) is 14.2. The third kappa shape index (κ3) is 3.79. The van der Waals surface area contributed by atoms with Crippen molar-refractivity contribution < 1.29 is 9.59 Å². The maximum Gasteiger partial charge on any atom is 0.244 e. The number of hydrogen-bond acceptors (Lipinski definition) is 4. The van der Waals surface area contributed by atoms with E-state index in [1.54, 1.807) is 36.2 Å². The predicted molar refractivity (Wildman–Crippen MR) is 91.6 cm³/mol. The summed E-state index contributed by atoms with van der Waals surface area (Å²) in [6.45, 7) is 5.03. The number of fused-ring (bicyclic) bond motifs is 1. The highest BCUT2D eigenvalue weighted by Crippen LogP contribution is 2.08. The van der Waals surface area contributed by atoms with Gasteiger partial charge >= 0.3 is 0 Å². The van der Waals surface area contributed by atoms with Crippen LogP contribution in [0.25, 0.3) is 10.9 Å².